The van der Waals surface area contributed by atoms with E-state index in [1.54, 1.807) is 51.6 Å². The lowest BCUT2D eigenvalue weighted by atomic mass is 10.2. The van der Waals surface area contributed by atoms with E-state index in [-0.39, 0.29) is 6.03 Å². The van der Waals surface area contributed by atoms with E-state index >= 15 is 0 Å². The van der Waals surface area contributed by atoms with E-state index in [1.807, 2.05) is 12.1 Å². The Morgan fingerprint density at radius 3 is 2.22 bits per heavy atom. The maximum absolute atomic E-state index is 12.4. The van der Waals surface area contributed by atoms with Crippen molar-refractivity contribution >= 4 is 23.5 Å². The van der Waals surface area contributed by atoms with Gasteiger partial charge in [-0.2, -0.15) is 0 Å². The predicted octanol–water partition coefficient (Wildman–Crippen LogP) is 3.55. The molecule has 3 amide bonds. The maximum Gasteiger partial charge on any atom is 0.411 e. The summed E-state index contributed by atoms with van der Waals surface area (Å²) in [6.07, 6.45) is -0.580. The molecule has 144 valence electrons. The number of rotatable bonds is 6. The van der Waals surface area contributed by atoms with Gasteiger partial charge >= 0.3 is 12.1 Å². The number of nitrogens with zero attached hydrogens (tertiary/aromatic N) is 1. The summed E-state index contributed by atoms with van der Waals surface area (Å²) < 4.78 is 15.0. The van der Waals surface area contributed by atoms with Crippen molar-refractivity contribution in [3.8, 4) is 11.5 Å². The van der Waals surface area contributed by atoms with Gasteiger partial charge in [-0.05, 0) is 35.9 Å². The Labute approximate surface area is 158 Å². The highest BCUT2D eigenvalue weighted by Gasteiger charge is 2.12. The van der Waals surface area contributed by atoms with Crippen LogP contribution in [0.5, 0.6) is 11.5 Å². The summed E-state index contributed by atoms with van der Waals surface area (Å²) in [4.78, 5) is 25.2. The molecule has 2 N–H and O–H groups in total. The Kier molecular flexibility index (Phi) is 6.87. The number of carbonyl (C=O) groups is 2. The van der Waals surface area contributed by atoms with Crippen LogP contribution in [-0.2, 0) is 11.3 Å². The van der Waals surface area contributed by atoms with Gasteiger partial charge in [-0.15, -0.1) is 0 Å². The first kappa shape index (κ1) is 19.9. The SMILES string of the molecule is COC(=O)Nc1cccc(NC(=O)N(C)Cc2ccc(OC)c(OC)c2)c1. The minimum atomic E-state index is -0.580. The molecule has 0 atom stereocenters. The van der Waals surface area contributed by atoms with E-state index in [0.717, 1.165) is 5.56 Å². The molecule has 0 aliphatic rings. The third-order valence-corrected chi connectivity index (χ3v) is 3.76. The minimum absolute atomic E-state index is 0.292. The first-order valence-corrected chi connectivity index (χ1v) is 8.15. The Hall–Kier alpha value is -3.42. The Morgan fingerprint density at radius 2 is 1.59 bits per heavy atom. The second-order valence-corrected chi connectivity index (χ2v) is 5.67. The van der Waals surface area contributed by atoms with Crippen LogP contribution in [0.15, 0.2) is 42.5 Å². The Morgan fingerprint density at radius 1 is 0.926 bits per heavy atom. The van der Waals surface area contributed by atoms with E-state index in [1.165, 1.54) is 12.0 Å². The van der Waals surface area contributed by atoms with Gasteiger partial charge in [0.05, 0.1) is 21.3 Å². The van der Waals surface area contributed by atoms with Crippen LogP contribution in [0.3, 0.4) is 0 Å². The normalized spacial score (nSPS) is 9.93. The van der Waals surface area contributed by atoms with Gasteiger partial charge < -0.3 is 24.4 Å². The number of hydrogen-bond acceptors (Lipinski definition) is 5. The molecule has 8 heteroatoms. The van der Waals surface area contributed by atoms with Gasteiger partial charge in [0.25, 0.3) is 0 Å². The number of benzene rings is 2. The standard InChI is InChI=1S/C19H23N3O5/c1-22(12-13-8-9-16(25-2)17(10-13)26-3)18(23)20-14-6-5-7-15(11-14)21-19(24)27-4/h5-11H,12H2,1-4H3,(H,20,23)(H,21,24). The highest BCUT2D eigenvalue weighted by Crippen LogP contribution is 2.28. The van der Waals surface area contributed by atoms with Crippen LogP contribution in [0.25, 0.3) is 0 Å². The first-order chi connectivity index (χ1) is 13.0. The summed E-state index contributed by atoms with van der Waals surface area (Å²) in [6, 6.07) is 12.0. The van der Waals surface area contributed by atoms with Gasteiger partial charge in [-0.3, -0.25) is 5.32 Å². The van der Waals surface area contributed by atoms with Crippen molar-refractivity contribution in [3.05, 3.63) is 48.0 Å². The number of nitrogens with one attached hydrogen (secondary N) is 2. The summed E-state index contributed by atoms with van der Waals surface area (Å²) in [5.74, 6) is 1.23. The summed E-state index contributed by atoms with van der Waals surface area (Å²) in [6.45, 7) is 0.381. The fraction of sp³-hybridized carbons (Fsp3) is 0.263. The number of ether oxygens (including phenoxy) is 3. The lowest BCUT2D eigenvalue weighted by Gasteiger charge is -2.19. The Bertz CT molecular complexity index is 810. The molecule has 0 aliphatic heterocycles. The van der Waals surface area contributed by atoms with E-state index in [2.05, 4.69) is 15.4 Å². The number of hydrogen-bond donors (Lipinski definition) is 2. The fourth-order valence-electron chi connectivity index (χ4n) is 2.39. The average Bonchev–Trinajstić information content (AvgIpc) is 2.67. The van der Waals surface area contributed by atoms with Gasteiger partial charge in [0.15, 0.2) is 11.5 Å². The van der Waals surface area contributed by atoms with Crippen LogP contribution < -0.4 is 20.1 Å². The van der Waals surface area contributed by atoms with Gasteiger partial charge in [0, 0.05) is 25.0 Å². The molecule has 0 aromatic heterocycles. The molecule has 0 bridgehead atoms. The van der Waals surface area contributed by atoms with Crippen LogP contribution in [0.4, 0.5) is 21.0 Å². The molecule has 8 nitrogen and oxygen atoms in total. The monoisotopic (exact) mass is 373 g/mol. The quantitative estimate of drug-likeness (QED) is 0.808. The third-order valence-electron chi connectivity index (χ3n) is 3.76. The predicted molar refractivity (Wildman–Crippen MR) is 103 cm³/mol. The van der Waals surface area contributed by atoms with Gasteiger partial charge in [0.1, 0.15) is 0 Å². The van der Waals surface area contributed by atoms with Crippen molar-refractivity contribution in [1.82, 2.24) is 4.90 Å². The molecule has 2 aromatic carbocycles. The summed E-state index contributed by atoms with van der Waals surface area (Å²) >= 11 is 0. The molecule has 0 unspecified atom stereocenters. The second kappa shape index (κ2) is 9.33. The van der Waals surface area contributed by atoms with E-state index in [0.29, 0.717) is 29.4 Å². The molecule has 0 aliphatic carbocycles. The van der Waals surface area contributed by atoms with Gasteiger partial charge in [-0.25, -0.2) is 9.59 Å². The molecular formula is C19H23N3O5. The smallest absolute Gasteiger partial charge is 0.411 e. The van der Waals surface area contributed by atoms with Gasteiger partial charge in [0.2, 0.25) is 0 Å². The van der Waals surface area contributed by atoms with Gasteiger partial charge in [-0.1, -0.05) is 12.1 Å². The number of urea groups is 1. The van der Waals surface area contributed by atoms with Crippen molar-refractivity contribution in [2.45, 2.75) is 6.54 Å². The van der Waals surface area contributed by atoms with Crippen LogP contribution in [-0.4, -0.2) is 45.4 Å². The van der Waals surface area contributed by atoms with Crippen LogP contribution in [0, 0.1) is 0 Å². The molecule has 0 saturated heterocycles. The average molecular weight is 373 g/mol. The lowest BCUT2D eigenvalue weighted by Crippen LogP contribution is -2.30. The molecule has 0 spiro atoms. The van der Waals surface area contributed by atoms with E-state index < -0.39 is 6.09 Å². The molecule has 0 saturated carbocycles. The number of anilines is 2. The first-order valence-electron chi connectivity index (χ1n) is 8.15. The van der Waals surface area contributed by atoms with Crippen molar-refractivity contribution in [2.24, 2.45) is 0 Å². The molecule has 0 fully saturated rings. The number of carbonyl (C=O) groups excluding carboxylic acids is 2. The van der Waals surface area contributed by atoms with Crippen LogP contribution in [0.2, 0.25) is 0 Å². The zero-order valence-corrected chi connectivity index (χ0v) is 15.7. The molecule has 0 radical (unpaired) electrons. The zero-order chi connectivity index (χ0) is 19.8. The Balaban J connectivity index is 2.01. The second-order valence-electron chi connectivity index (χ2n) is 5.67. The highest BCUT2D eigenvalue weighted by atomic mass is 16.5. The molecule has 2 aromatic rings. The van der Waals surface area contributed by atoms with Crippen molar-refractivity contribution in [2.75, 3.05) is 39.0 Å². The third kappa shape index (κ3) is 5.53. The van der Waals surface area contributed by atoms with Crippen molar-refractivity contribution in [1.29, 1.82) is 0 Å². The molecular weight excluding hydrogens is 350 g/mol. The molecule has 0 heterocycles. The lowest BCUT2D eigenvalue weighted by molar-refractivity contribution is 0.187. The van der Waals surface area contributed by atoms with Crippen LogP contribution >= 0.6 is 0 Å². The van der Waals surface area contributed by atoms with E-state index in [9.17, 15) is 9.59 Å². The summed E-state index contributed by atoms with van der Waals surface area (Å²) in [7, 11) is 6.10. The fourth-order valence-corrected chi connectivity index (χ4v) is 2.39. The van der Waals surface area contributed by atoms with Crippen LogP contribution in [0.1, 0.15) is 5.56 Å². The topological polar surface area (TPSA) is 89.1 Å². The minimum Gasteiger partial charge on any atom is -0.493 e. The number of amides is 3. The molecule has 2 rings (SSSR count). The molecule has 27 heavy (non-hydrogen) atoms. The highest BCUT2D eigenvalue weighted by molar-refractivity contribution is 5.91. The van der Waals surface area contributed by atoms with E-state index in [4.69, 9.17) is 9.47 Å². The largest absolute Gasteiger partial charge is 0.493 e. The summed E-state index contributed by atoms with van der Waals surface area (Å²) in [5, 5.41) is 5.33. The number of methoxy groups -OCH3 is 3. The maximum atomic E-state index is 12.4. The zero-order valence-electron chi connectivity index (χ0n) is 15.7. The van der Waals surface area contributed by atoms with Crippen molar-refractivity contribution < 1.29 is 23.8 Å². The summed E-state index contributed by atoms with van der Waals surface area (Å²) in [5.41, 5.74) is 1.96. The van der Waals surface area contributed by atoms with Crippen molar-refractivity contribution in [3.63, 3.8) is 0 Å².